The Bertz CT molecular complexity index is 431. The number of anilines is 1. The largest absolute Gasteiger partial charge is 0.352 e. The molecule has 1 aromatic rings. The van der Waals surface area contributed by atoms with Crippen LogP contribution in [0.2, 0.25) is 0 Å². The number of rotatable bonds is 7. The van der Waals surface area contributed by atoms with Gasteiger partial charge in [0.2, 0.25) is 5.91 Å². The van der Waals surface area contributed by atoms with Crippen LogP contribution in [0, 0.1) is 0 Å². The molecule has 5 nitrogen and oxygen atoms in total. The average molecular weight is 262 g/mol. The second kappa shape index (κ2) is 6.52. The molecule has 1 heterocycles. The Morgan fingerprint density at radius 1 is 1.53 bits per heavy atom. The summed E-state index contributed by atoms with van der Waals surface area (Å²) in [5.74, 6) is 0.944. The van der Waals surface area contributed by atoms with Crippen LogP contribution >= 0.6 is 0 Å². The summed E-state index contributed by atoms with van der Waals surface area (Å²) in [6.45, 7) is 4.12. The summed E-state index contributed by atoms with van der Waals surface area (Å²) in [5.41, 5.74) is 1.12. The van der Waals surface area contributed by atoms with E-state index in [9.17, 15) is 4.79 Å². The third kappa shape index (κ3) is 4.21. The van der Waals surface area contributed by atoms with Gasteiger partial charge < -0.3 is 15.5 Å². The van der Waals surface area contributed by atoms with Crippen molar-refractivity contribution in [2.45, 2.75) is 32.4 Å². The number of pyridine rings is 1. The molecule has 0 aliphatic heterocycles. The normalized spacial score (nSPS) is 14.2. The van der Waals surface area contributed by atoms with E-state index in [0.29, 0.717) is 12.6 Å². The molecule has 0 saturated heterocycles. The number of amides is 1. The summed E-state index contributed by atoms with van der Waals surface area (Å²) in [6.07, 6.45) is 4.00. The summed E-state index contributed by atoms with van der Waals surface area (Å²) < 4.78 is 0. The summed E-state index contributed by atoms with van der Waals surface area (Å²) in [7, 11) is 1.91. The monoisotopic (exact) mass is 262 g/mol. The van der Waals surface area contributed by atoms with E-state index in [1.54, 1.807) is 6.20 Å². The van der Waals surface area contributed by atoms with Crippen molar-refractivity contribution >= 4 is 11.7 Å². The van der Waals surface area contributed by atoms with Crippen LogP contribution in [0.15, 0.2) is 18.3 Å². The molecule has 5 heteroatoms. The lowest BCUT2D eigenvalue weighted by Gasteiger charge is -2.20. The molecule has 1 aromatic heterocycles. The molecule has 0 unspecified atom stereocenters. The van der Waals surface area contributed by atoms with E-state index in [2.05, 4.69) is 22.5 Å². The lowest BCUT2D eigenvalue weighted by Crippen LogP contribution is -2.37. The van der Waals surface area contributed by atoms with Crippen molar-refractivity contribution in [3.05, 3.63) is 23.9 Å². The van der Waals surface area contributed by atoms with Crippen molar-refractivity contribution in [1.82, 2.24) is 15.6 Å². The average Bonchev–Trinajstić information content (AvgIpc) is 3.20. The lowest BCUT2D eigenvalue weighted by molar-refractivity contribution is -0.119. The number of carbonyl (C=O) groups is 1. The zero-order valence-electron chi connectivity index (χ0n) is 11.6. The van der Waals surface area contributed by atoms with Crippen molar-refractivity contribution < 1.29 is 4.79 Å². The van der Waals surface area contributed by atoms with Crippen LogP contribution in [0.4, 0.5) is 5.82 Å². The molecule has 1 saturated carbocycles. The minimum atomic E-state index is 0.0741. The smallest absolute Gasteiger partial charge is 0.239 e. The van der Waals surface area contributed by atoms with Crippen molar-refractivity contribution in [3.63, 3.8) is 0 Å². The molecule has 0 atom stereocenters. The molecular weight excluding hydrogens is 240 g/mol. The molecule has 0 spiro atoms. The zero-order valence-corrected chi connectivity index (χ0v) is 11.6. The first-order valence-electron chi connectivity index (χ1n) is 6.85. The number of carbonyl (C=O) groups excluding carboxylic acids is 1. The molecule has 0 aromatic carbocycles. The third-order valence-electron chi connectivity index (χ3n) is 3.12. The Kier molecular flexibility index (Phi) is 4.74. The van der Waals surface area contributed by atoms with Crippen LogP contribution < -0.4 is 15.5 Å². The highest BCUT2D eigenvalue weighted by Gasteiger charge is 2.23. The summed E-state index contributed by atoms with van der Waals surface area (Å²) in [4.78, 5) is 18.1. The van der Waals surface area contributed by atoms with Gasteiger partial charge in [0, 0.05) is 31.4 Å². The van der Waals surface area contributed by atoms with Crippen LogP contribution in [0.1, 0.15) is 25.3 Å². The quantitative estimate of drug-likeness (QED) is 0.767. The maximum Gasteiger partial charge on any atom is 0.239 e. The first-order chi connectivity index (χ1) is 9.20. The molecule has 0 bridgehead atoms. The van der Waals surface area contributed by atoms with E-state index < -0.39 is 0 Å². The SMILES string of the molecule is CCNCc1cccnc1N(C)CC(=O)NC1CC1. The number of hydrogen-bond donors (Lipinski definition) is 2. The molecule has 0 radical (unpaired) electrons. The summed E-state index contributed by atoms with van der Waals surface area (Å²) in [5, 5.41) is 6.28. The fourth-order valence-corrected chi connectivity index (χ4v) is 1.96. The minimum Gasteiger partial charge on any atom is -0.352 e. The van der Waals surface area contributed by atoms with Gasteiger partial charge in [-0.25, -0.2) is 4.98 Å². The van der Waals surface area contributed by atoms with Gasteiger partial charge >= 0.3 is 0 Å². The van der Waals surface area contributed by atoms with Crippen LogP contribution in [0.3, 0.4) is 0 Å². The highest BCUT2D eigenvalue weighted by molar-refractivity contribution is 5.81. The van der Waals surface area contributed by atoms with E-state index in [1.165, 1.54) is 0 Å². The maximum absolute atomic E-state index is 11.8. The number of aromatic nitrogens is 1. The van der Waals surface area contributed by atoms with Gasteiger partial charge in [0.25, 0.3) is 0 Å². The maximum atomic E-state index is 11.8. The number of hydrogen-bond acceptors (Lipinski definition) is 4. The fraction of sp³-hybridized carbons (Fsp3) is 0.571. The van der Waals surface area contributed by atoms with Crippen LogP contribution in [0.25, 0.3) is 0 Å². The highest BCUT2D eigenvalue weighted by Crippen LogP contribution is 2.19. The number of nitrogens with one attached hydrogen (secondary N) is 2. The number of nitrogens with zero attached hydrogens (tertiary/aromatic N) is 2. The second-order valence-corrected chi connectivity index (χ2v) is 4.96. The predicted molar refractivity (Wildman–Crippen MR) is 76.1 cm³/mol. The lowest BCUT2D eigenvalue weighted by atomic mass is 10.2. The van der Waals surface area contributed by atoms with E-state index in [0.717, 1.165) is 37.3 Å². The molecular formula is C14H22N4O. The Hall–Kier alpha value is -1.62. The van der Waals surface area contributed by atoms with Crippen LogP contribution in [-0.4, -0.2) is 37.1 Å². The van der Waals surface area contributed by atoms with Gasteiger partial charge in [-0.05, 0) is 25.5 Å². The summed E-state index contributed by atoms with van der Waals surface area (Å²) in [6, 6.07) is 4.38. The van der Waals surface area contributed by atoms with E-state index in [4.69, 9.17) is 0 Å². The van der Waals surface area contributed by atoms with Crippen molar-refractivity contribution in [2.75, 3.05) is 25.0 Å². The molecule has 19 heavy (non-hydrogen) atoms. The Labute approximate surface area is 114 Å². The highest BCUT2D eigenvalue weighted by atomic mass is 16.2. The molecule has 1 fully saturated rings. The van der Waals surface area contributed by atoms with Crippen LogP contribution in [-0.2, 0) is 11.3 Å². The third-order valence-corrected chi connectivity index (χ3v) is 3.12. The fourth-order valence-electron chi connectivity index (χ4n) is 1.96. The Balaban J connectivity index is 1.96. The van der Waals surface area contributed by atoms with Gasteiger partial charge in [0.1, 0.15) is 5.82 Å². The Morgan fingerprint density at radius 3 is 3.00 bits per heavy atom. The Morgan fingerprint density at radius 2 is 2.32 bits per heavy atom. The van der Waals surface area contributed by atoms with Gasteiger partial charge in [-0.15, -0.1) is 0 Å². The van der Waals surface area contributed by atoms with Gasteiger partial charge in [0.05, 0.1) is 6.54 Å². The second-order valence-electron chi connectivity index (χ2n) is 4.96. The standard InChI is InChI=1S/C14H22N4O/c1-3-15-9-11-5-4-8-16-14(11)18(2)10-13(19)17-12-6-7-12/h4-5,8,12,15H,3,6-7,9-10H2,1-2H3,(H,17,19). The first kappa shape index (κ1) is 13.8. The van der Waals surface area contributed by atoms with Crippen molar-refractivity contribution in [3.8, 4) is 0 Å². The molecule has 2 N–H and O–H groups in total. The molecule has 1 aliphatic rings. The van der Waals surface area contributed by atoms with Gasteiger partial charge in [-0.3, -0.25) is 4.79 Å². The van der Waals surface area contributed by atoms with E-state index >= 15 is 0 Å². The summed E-state index contributed by atoms with van der Waals surface area (Å²) >= 11 is 0. The van der Waals surface area contributed by atoms with Gasteiger partial charge in [-0.1, -0.05) is 13.0 Å². The van der Waals surface area contributed by atoms with E-state index in [1.807, 2.05) is 24.1 Å². The molecule has 1 amide bonds. The molecule has 104 valence electrons. The first-order valence-corrected chi connectivity index (χ1v) is 6.85. The van der Waals surface area contributed by atoms with Crippen molar-refractivity contribution in [1.29, 1.82) is 0 Å². The zero-order chi connectivity index (χ0) is 13.7. The van der Waals surface area contributed by atoms with E-state index in [-0.39, 0.29) is 5.91 Å². The van der Waals surface area contributed by atoms with Gasteiger partial charge in [0.15, 0.2) is 0 Å². The van der Waals surface area contributed by atoms with Gasteiger partial charge in [-0.2, -0.15) is 0 Å². The topological polar surface area (TPSA) is 57.3 Å². The molecule has 1 aliphatic carbocycles. The van der Waals surface area contributed by atoms with Crippen molar-refractivity contribution in [2.24, 2.45) is 0 Å². The minimum absolute atomic E-state index is 0.0741. The predicted octanol–water partition coefficient (Wildman–Crippen LogP) is 0.906. The van der Waals surface area contributed by atoms with Crippen LogP contribution in [0.5, 0.6) is 0 Å². The molecule has 2 rings (SSSR count). The number of likely N-dealkylation sites (N-methyl/N-ethyl adjacent to an activating group) is 1.